The molecule has 1 saturated heterocycles. The number of hydrogen-bond acceptors (Lipinski definition) is 5. The first-order valence-electron chi connectivity index (χ1n) is 6.26. The zero-order valence-electron chi connectivity index (χ0n) is 10.6. The normalized spacial score (nSPS) is 14.6. The molecule has 0 aromatic carbocycles. The second-order valence-electron chi connectivity index (χ2n) is 4.12. The summed E-state index contributed by atoms with van der Waals surface area (Å²) in [5.41, 5.74) is 0. The SMILES string of the molecule is CCOc1cc(NCC(=O)N2CCCC2)ncn1. The smallest absolute Gasteiger partial charge is 0.241 e. The highest BCUT2D eigenvalue weighted by molar-refractivity contribution is 5.80. The molecule has 1 aliphatic heterocycles. The molecule has 0 atom stereocenters. The molecule has 98 valence electrons. The number of likely N-dealkylation sites (tertiary alicyclic amines) is 1. The number of nitrogens with zero attached hydrogens (tertiary/aromatic N) is 3. The van der Waals surface area contributed by atoms with Crippen molar-refractivity contribution in [1.29, 1.82) is 0 Å². The Labute approximate surface area is 106 Å². The minimum Gasteiger partial charge on any atom is -0.478 e. The highest BCUT2D eigenvalue weighted by Gasteiger charge is 2.17. The van der Waals surface area contributed by atoms with Crippen LogP contribution < -0.4 is 10.1 Å². The summed E-state index contributed by atoms with van der Waals surface area (Å²) in [6, 6.07) is 1.70. The minimum absolute atomic E-state index is 0.115. The van der Waals surface area contributed by atoms with E-state index in [1.807, 2.05) is 11.8 Å². The molecule has 0 spiro atoms. The van der Waals surface area contributed by atoms with Crippen molar-refractivity contribution in [2.75, 3.05) is 31.6 Å². The summed E-state index contributed by atoms with van der Waals surface area (Å²) < 4.78 is 5.27. The maximum atomic E-state index is 11.8. The van der Waals surface area contributed by atoms with Gasteiger partial charge >= 0.3 is 0 Å². The van der Waals surface area contributed by atoms with Gasteiger partial charge in [-0.3, -0.25) is 4.79 Å². The molecule has 1 aliphatic rings. The molecule has 6 nitrogen and oxygen atoms in total. The van der Waals surface area contributed by atoms with E-state index in [4.69, 9.17) is 4.74 Å². The summed E-state index contributed by atoms with van der Waals surface area (Å²) in [6.07, 6.45) is 3.63. The van der Waals surface area contributed by atoms with Crippen LogP contribution in [0.2, 0.25) is 0 Å². The third-order valence-electron chi connectivity index (χ3n) is 2.81. The molecule has 1 amide bonds. The van der Waals surface area contributed by atoms with Crippen molar-refractivity contribution >= 4 is 11.7 Å². The average molecular weight is 250 g/mol. The van der Waals surface area contributed by atoms with Crippen LogP contribution in [0, 0.1) is 0 Å². The highest BCUT2D eigenvalue weighted by Crippen LogP contribution is 2.11. The van der Waals surface area contributed by atoms with E-state index in [0.717, 1.165) is 25.9 Å². The summed E-state index contributed by atoms with van der Waals surface area (Å²) in [6.45, 7) is 4.46. The minimum atomic E-state index is 0.115. The molecule has 1 aromatic heterocycles. The first-order valence-corrected chi connectivity index (χ1v) is 6.26. The number of amides is 1. The van der Waals surface area contributed by atoms with Crippen LogP contribution in [-0.2, 0) is 4.79 Å². The van der Waals surface area contributed by atoms with Gasteiger partial charge in [-0.25, -0.2) is 9.97 Å². The first-order chi connectivity index (χ1) is 8.79. The fraction of sp³-hybridized carbons (Fsp3) is 0.583. The molecular weight excluding hydrogens is 232 g/mol. The van der Waals surface area contributed by atoms with Crippen LogP contribution in [0.5, 0.6) is 5.88 Å². The highest BCUT2D eigenvalue weighted by atomic mass is 16.5. The fourth-order valence-corrected chi connectivity index (χ4v) is 1.91. The van der Waals surface area contributed by atoms with Gasteiger partial charge in [-0.05, 0) is 19.8 Å². The molecule has 0 radical (unpaired) electrons. The van der Waals surface area contributed by atoms with Gasteiger partial charge in [0.15, 0.2) is 0 Å². The van der Waals surface area contributed by atoms with Gasteiger partial charge < -0.3 is 15.0 Å². The third kappa shape index (κ3) is 3.32. The molecular formula is C12H18N4O2. The number of ether oxygens (including phenoxy) is 1. The van der Waals surface area contributed by atoms with E-state index in [-0.39, 0.29) is 12.5 Å². The molecule has 6 heteroatoms. The van der Waals surface area contributed by atoms with Crippen LogP contribution in [0.4, 0.5) is 5.82 Å². The van der Waals surface area contributed by atoms with Gasteiger partial charge in [0.25, 0.3) is 0 Å². The van der Waals surface area contributed by atoms with Gasteiger partial charge in [0.05, 0.1) is 13.2 Å². The number of nitrogens with one attached hydrogen (secondary N) is 1. The van der Waals surface area contributed by atoms with Crippen molar-refractivity contribution in [2.45, 2.75) is 19.8 Å². The number of carbonyl (C=O) groups is 1. The second-order valence-corrected chi connectivity index (χ2v) is 4.12. The summed E-state index contributed by atoms with van der Waals surface area (Å²) >= 11 is 0. The maximum absolute atomic E-state index is 11.8. The van der Waals surface area contributed by atoms with E-state index >= 15 is 0 Å². The molecule has 0 aliphatic carbocycles. The Morgan fingerprint density at radius 3 is 2.94 bits per heavy atom. The lowest BCUT2D eigenvalue weighted by atomic mass is 10.4. The quantitative estimate of drug-likeness (QED) is 0.841. The molecule has 0 saturated carbocycles. The van der Waals surface area contributed by atoms with Crippen LogP contribution in [-0.4, -0.2) is 47.0 Å². The zero-order valence-corrected chi connectivity index (χ0v) is 10.6. The van der Waals surface area contributed by atoms with Crippen molar-refractivity contribution in [3.63, 3.8) is 0 Å². The third-order valence-corrected chi connectivity index (χ3v) is 2.81. The maximum Gasteiger partial charge on any atom is 0.241 e. The van der Waals surface area contributed by atoms with E-state index in [9.17, 15) is 4.79 Å². The van der Waals surface area contributed by atoms with Gasteiger partial charge in [-0.2, -0.15) is 0 Å². The van der Waals surface area contributed by atoms with Gasteiger partial charge in [0.1, 0.15) is 12.1 Å². The Hall–Kier alpha value is -1.85. The average Bonchev–Trinajstić information content (AvgIpc) is 2.91. The molecule has 0 unspecified atom stereocenters. The van der Waals surface area contributed by atoms with Gasteiger partial charge in [0.2, 0.25) is 11.8 Å². The van der Waals surface area contributed by atoms with Crippen LogP contribution in [0.1, 0.15) is 19.8 Å². The van der Waals surface area contributed by atoms with E-state index in [1.165, 1.54) is 6.33 Å². The topological polar surface area (TPSA) is 67.3 Å². The monoisotopic (exact) mass is 250 g/mol. The standard InChI is InChI=1S/C12H18N4O2/c1-2-18-11-7-10(14-9-15-11)13-8-12(17)16-5-3-4-6-16/h7,9H,2-6,8H2,1H3,(H,13,14,15). The van der Waals surface area contributed by atoms with Crippen LogP contribution >= 0.6 is 0 Å². The van der Waals surface area contributed by atoms with E-state index in [2.05, 4.69) is 15.3 Å². The zero-order chi connectivity index (χ0) is 12.8. The van der Waals surface area contributed by atoms with Crippen molar-refractivity contribution in [1.82, 2.24) is 14.9 Å². The lowest BCUT2D eigenvalue weighted by Gasteiger charge is -2.15. The summed E-state index contributed by atoms with van der Waals surface area (Å²) in [4.78, 5) is 21.7. The number of anilines is 1. The Balaban J connectivity index is 1.85. The number of aromatic nitrogens is 2. The van der Waals surface area contributed by atoms with Crippen LogP contribution in [0.25, 0.3) is 0 Å². The number of carbonyl (C=O) groups excluding carboxylic acids is 1. The van der Waals surface area contributed by atoms with Crippen molar-refractivity contribution in [3.8, 4) is 5.88 Å². The number of rotatable bonds is 5. The lowest BCUT2D eigenvalue weighted by Crippen LogP contribution is -2.33. The molecule has 1 aromatic rings. The fourth-order valence-electron chi connectivity index (χ4n) is 1.91. The van der Waals surface area contributed by atoms with Crippen molar-refractivity contribution < 1.29 is 9.53 Å². The predicted molar refractivity (Wildman–Crippen MR) is 67.5 cm³/mol. The first kappa shape index (κ1) is 12.6. The predicted octanol–water partition coefficient (Wildman–Crippen LogP) is 0.910. The van der Waals surface area contributed by atoms with E-state index in [1.54, 1.807) is 6.07 Å². The van der Waals surface area contributed by atoms with Gasteiger partial charge in [-0.15, -0.1) is 0 Å². The van der Waals surface area contributed by atoms with Crippen LogP contribution in [0.3, 0.4) is 0 Å². The lowest BCUT2D eigenvalue weighted by molar-refractivity contribution is -0.128. The Morgan fingerprint density at radius 2 is 2.22 bits per heavy atom. The van der Waals surface area contributed by atoms with Crippen LogP contribution in [0.15, 0.2) is 12.4 Å². The molecule has 0 bridgehead atoms. The Kier molecular flexibility index (Phi) is 4.33. The van der Waals surface area contributed by atoms with Crippen molar-refractivity contribution in [3.05, 3.63) is 12.4 Å². The molecule has 18 heavy (non-hydrogen) atoms. The largest absolute Gasteiger partial charge is 0.478 e. The summed E-state index contributed by atoms with van der Waals surface area (Å²) in [7, 11) is 0. The van der Waals surface area contributed by atoms with Gasteiger partial charge in [0, 0.05) is 19.2 Å². The Morgan fingerprint density at radius 1 is 1.44 bits per heavy atom. The molecule has 1 N–H and O–H groups in total. The molecule has 1 fully saturated rings. The molecule has 2 heterocycles. The molecule has 2 rings (SSSR count). The van der Waals surface area contributed by atoms with E-state index < -0.39 is 0 Å². The van der Waals surface area contributed by atoms with Gasteiger partial charge in [-0.1, -0.05) is 0 Å². The van der Waals surface area contributed by atoms with E-state index in [0.29, 0.717) is 18.3 Å². The number of hydrogen-bond donors (Lipinski definition) is 1. The summed E-state index contributed by atoms with van der Waals surface area (Å²) in [5.74, 6) is 1.24. The summed E-state index contributed by atoms with van der Waals surface area (Å²) in [5, 5.41) is 3.00. The van der Waals surface area contributed by atoms with Crippen molar-refractivity contribution in [2.24, 2.45) is 0 Å². The Bertz CT molecular complexity index is 405. The second kappa shape index (κ2) is 6.18.